The molecular formula is C18H20N2O5. The number of nitrogens with zero attached hydrogens (tertiary/aromatic N) is 2. The molecule has 3 rings (SSSR count). The van der Waals surface area contributed by atoms with Crippen LogP contribution in [-0.2, 0) is 14.4 Å². The molecule has 0 aromatic heterocycles. The summed E-state index contributed by atoms with van der Waals surface area (Å²) in [7, 11) is 0. The van der Waals surface area contributed by atoms with Crippen molar-refractivity contribution >= 4 is 23.7 Å². The van der Waals surface area contributed by atoms with Crippen molar-refractivity contribution < 1.29 is 24.0 Å². The van der Waals surface area contributed by atoms with Crippen molar-refractivity contribution in [2.75, 3.05) is 6.54 Å². The topological polar surface area (TPSA) is 84.0 Å². The van der Waals surface area contributed by atoms with Crippen molar-refractivity contribution in [3.63, 3.8) is 0 Å². The fourth-order valence-electron chi connectivity index (χ4n) is 3.17. The van der Waals surface area contributed by atoms with E-state index in [1.54, 1.807) is 26.0 Å². The molecule has 1 saturated heterocycles. The first kappa shape index (κ1) is 17.1. The predicted molar refractivity (Wildman–Crippen MR) is 87.2 cm³/mol. The second-order valence-electron chi connectivity index (χ2n) is 6.56. The molecular weight excluding hydrogens is 324 g/mol. The number of carbonyl (C=O) groups excluding carboxylic acids is 4. The highest BCUT2D eigenvalue weighted by Crippen LogP contribution is 2.25. The summed E-state index contributed by atoms with van der Waals surface area (Å²) >= 11 is 0. The summed E-state index contributed by atoms with van der Waals surface area (Å²) in [5.74, 6) is -2.45. The molecule has 132 valence electrons. The van der Waals surface area contributed by atoms with Crippen molar-refractivity contribution in [2.45, 2.75) is 39.2 Å². The third kappa shape index (κ3) is 3.01. The molecule has 0 aliphatic carbocycles. The Morgan fingerprint density at radius 1 is 1.08 bits per heavy atom. The van der Waals surface area contributed by atoms with Gasteiger partial charge >= 0.3 is 5.97 Å². The maximum atomic E-state index is 12.6. The molecule has 2 aliphatic rings. The number of carbonyl (C=O) groups is 4. The van der Waals surface area contributed by atoms with Crippen LogP contribution >= 0.6 is 0 Å². The molecule has 0 spiro atoms. The lowest BCUT2D eigenvalue weighted by Crippen LogP contribution is -2.51. The van der Waals surface area contributed by atoms with E-state index in [4.69, 9.17) is 4.84 Å². The van der Waals surface area contributed by atoms with Gasteiger partial charge in [-0.2, -0.15) is 0 Å². The Hall–Kier alpha value is -2.70. The summed E-state index contributed by atoms with van der Waals surface area (Å²) in [6, 6.07) is 5.53. The van der Waals surface area contributed by atoms with Crippen molar-refractivity contribution in [1.82, 2.24) is 9.96 Å². The SMILES string of the molecule is CC(C)C(=O)N1CCCCC1C(=O)ON1C(=O)c2ccccc2C1=O. The number of imide groups is 1. The van der Waals surface area contributed by atoms with Gasteiger partial charge in [-0.15, -0.1) is 0 Å². The normalized spacial score (nSPS) is 20.0. The van der Waals surface area contributed by atoms with E-state index in [2.05, 4.69) is 0 Å². The summed E-state index contributed by atoms with van der Waals surface area (Å²) in [5.41, 5.74) is 0.415. The van der Waals surface area contributed by atoms with Crippen LogP contribution in [0.25, 0.3) is 0 Å². The van der Waals surface area contributed by atoms with Crippen LogP contribution < -0.4 is 0 Å². The first-order valence-electron chi connectivity index (χ1n) is 8.42. The summed E-state index contributed by atoms with van der Waals surface area (Å²) in [6.07, 6.45) is 2.06. The lowest BCUT2D eigenvalue weighted by atomic mass is 10.0. The lowest BCUT2D eigenvalue weighted by Gasteiger charge is -2.35. The van der Waals surface area contributed by atoms with E-state index in [1.807, 2.05) is 0 Å². The molecule has 1 atom stereocenters. The van der Waals surface area contributed by atoms with Crippen LogP contribution in [0.2, 0.25) is 0 Å². The van der Waals surface area contributed by atoms with Gasteiger partial charge in [-0.25, -0.2) is 4.79 Å². The third-order valence-electron chi connectivity index (χ3n) is 4.49. The van der Waals surface area contributed by atoms with Crippen LogP contribution in [0.1, 0.15) is 53.8 Å². The molecule has 1 aromatic rings. The maximum absolute atomic E-state index is 12.6. The number of likely N-dealkylation sites (tertiary alicyclic amines) is 1. The van der Waals surface area contributed by atoms with Crippen LogP contribution in [0.3, 0.4) is 0 Å². The van der Waals surface area contributed by atoms with Gasteiger partial charge in [0.1, 0.15) is 6.04 Å². The monoisotopic (exact) mass is 344 g/mol. The maximum Gasteiger partial charge on any atom is 0.355 e. The van der Waals surface area contributed by atoms with Gasteiger partial charge in [-0.05, 0) is 31.4 Å². The molecule has 1 unspecified atom stereocenters. The third-order valence-corrected chi connectivity index (χ3v) is 4.49. The van der Waals surface area contributed by atoms with Gasteiger partial charge in [0.05, 0.1) is 11.1 Å². The first-order chi connectivity index (χ1) is 11.9. The van der Waals surface area contributed by atoms with Crippen LogP contribution in [0, 0.1) is 5.92 Å². The van der Waals surface area contributed by atoms with Gasteiger partial charge in [0.25, 0.3) is 11.8 Å². The van der Waals surface area contributed by atoms with Gasteiger partial charge in [-0.3, -0.25) is 14.4 Å². The molecule has 7 nitrogen and oxygen atoms in total. The number of hydrogen-bond donors (Lipinski definition) is 0. The second kappa shape index (κ2) is 6.66. The Bertz CT molecular complexity index is 708. The minimum atomic E-state index is -0.770. The van der Waals surface area contributed by atoms with E-state index >= 15 is 0 Å². The highest BCUT2D eigenvalue weighted by atomic mass is 16.7. The zero-order valence-corrected chi connectivity index (χ0v) is 14.2. The molecule has 25 heavy (non-hydrogen) atoms. The Balaban J connectivity index is 1.77. The highest BCUT2D eigenvalue weighted by Gasteiger charge is 2.42. The van der Waals surface area contributed by atoms with Crippen molar-refractivity contribution in [2.24, 2.45) is 5.92 Å². The van der Waals surface area contributed by atoms with Crippen molar-refractivity contribution in [3.8, 4) is 0 Å². The summed E-state index contributed by atoms with van der Waals surface area (Å²) < 4.78 is 0. The minimum absolute atomic E-state index is 0.135. The fourth-order valence-corrected chi connectivity index (χ4v) is 3.17. The number of fused-ring (bicyclic) bond motifs is 1. The number of hydrogen-bond acceptors (Lipinski definition) is 5. The molecule has 3 amide bonds. The van der Waals surface area contributed by atoms with E-state index in [1.165, 1.54) is 17.0 Å². The Labute approximate surface area is 145 Å². The largest absolute Gasteiger partial charge is 0.355 e. The Morgan fingerprint density at radius 3 is 2.24 bits per heavy atom. The summed E-state index contributed by atoms with van der Waals surface area (Å²) in [4.78, 5) is 56.1. The van der Waals surface area contributed by atoms with Crippen LogP contribution in [0.4, 0.5) is 0 Å². The zero-order chi connectivity index (χ0) is 18.1. The van der Waals surface area contributed by atoms with Crippen molar-refractivity contribution in [3.05, 3.63) is 35.4 Å². The molecule has 1 fully saturated rings. The minimum Gasteiger partial charge on any atom is -0.329 e. The second-order valence-corrected chi connectivity index (χ2v) is 6.56. The number of amides is 3. The van der Waals surface area contributed by atoms with Gasteiger partial charge in [0.15, 0.2) is 0 Å². The van der Waals surface area contributed by atoms with Gasteiger partial charge < -0.3 is 9.74 Å². The molecule has 0 radical (unpaired) electrons. The Morgan fingerprint density at radius 2 is 1.68 bits per heavy atom. The average Bonchev–Trinajstić information content (AvgIpc) is 2.86. The molecule has 7 heteroatoms. The molecule has 0 N–H and O–H groups in total. The fraction of sp³-hybridized carbons (Fsp3) is 0.444. The summed E-state index contributed by atoms with van der Waals surface area (Å²) in [6.45, 7) is 4.01. The molecule has 1 aromatic carbocycles. The van der Waals surface area contributed by atoms with E-state index < -0.39 is 23.8 Å². The van der Waals surface area contributed by atoms with Gasteiger partial charge in [-0.1, -0.05) is 31.0 Å². The quantitative estimate of drug-likeness (QED) is 0.781. The van der Waals surface area contributed by atoms with Gasteiger partial charge in [0, 0.05) is 12.5 Å². The average molecular weight is 344 g/mol. The number of piperidine rings is 1. The zero-order valence-electron chi connectivity index (χ0n) is 14.2. The molecule has 2 heterocycles. The molecule has 0 bridgehead atoms. The van der Waals surface area contributed by atoms with Crippen LogP contribution in [-0.4, -0.2) is 46.2 Å². The van der Waals surface area contributed by atoms with Crippen molar-refractivity contribution in [1.29, 1.82) is 0 Å². The summed E-state index contributed by atoms with van der Waals surface area (Å²) in [5, 5.41) is 0.500. The van der Waals surface area contributed by atoms with Gasteiger partial charge in [0.2, 0.25) is 5.91 Å². The highest BCUT2D eigenvalue weighted by molar-refractivity contribution is 6.20. The number of benzene rings is 1. The number of hydroxylamine groups is 2. The van der Waals surface area contributed by atoms with Crippen LogP contribution in [0.5, 0.6) is 0 Å². The van der Waals surface area contributed by atoms with E-state index in [0.717, 1.165) is 12.8 Å². The van der Waals surface area contributed by atoms with E-state index in [9.17, 15) is 19.2 Å². The Kier molecular flexibility index (Phi) is 4.57. The van der Waals surface area contributed by atoms with E-state index in [0.29, 0.717) is 18.0 Å². The van der Waals surface area contributed by atoms with E-state index in [-0.39, 0.29) is 23.0 Å². The smallest absolute Gasteiger partial charge is 0.329 e. The molecule has 2 aliphatic heterocycles. The first-order valence-corrected chi connectivity index (χ1v) is 8.42. The lowest BCUT2D eigenvalue weighted by molar-refractivity contribution is -0.178. The standard InChI is InChI=1S/C18H20N2O5/c1-11(2)15(21)19-10-6-5-9-14(19)18(24)25-20-16(22)12-7-3-4-8-13(12)17(20)23/h3-4,7-8,11,14H,5-6,9-10H2,1-2H3. The predicted octanol–water partition coefficient (Wildman–Crippen LogP) is 1.78. The van der Waals surface area contributed by atoms with Crippen LogP contribution in [0.15, 0.2) is 24.3 Å². The number of rotatable bonds is 3. The molecule has 0 saturated carbocycles.